The van der Waals surface area contributed by atoms with Gasteiger partial charge in [-0.3, -0.25) is 4.79 Å². The van der Waals surface area contributed by atoms with Crippen LogP contribution in [0.3, 0.4) is 0 Å². The molecule has 5 heteroatoms. The smallest absolute Gasteiger partial charge is 0.252 e. The van der Waals surface area contributed by atoms with Gasteiger partial charge in [-0.25, -0.2) is 4.39 Å². The van der Waals surface area contributed by atoms with Crippen molar-refractivity contribution in [3.8, 4) is 0 Å². The third kappa shape index (κ3) is 4.76. The molecule has 1 unspecified atom stereocenters. The summed E-state index contributed by atoms with van der Waals surface area (Å²) in [5.74, 6) is -0.669. The quantitative estimate of drug-likeness (QED) is 0.787. The van der Waals surface area contributed by atoms with Gasteiger partial charge in [-0.1, -0.05) is 22.9 Å². The van der Waals surface area contributed by atoms with E-state index in [9.17, 15) is 9.18 Å². The fourth-order valence-electron chi connectivity index (χ4n) is 1.31. The molecular formula is C12H14Br2FNO. The van der Waals surface area contributed by atoms with Gasteiger partial charge in [-0.15, -0.1) is 0 Å². The van der Waals surface area contributed by atoms with Gasteiger partial charge in [0.1, 0.15) is 5.82 Å². The molecule has 0 heterocycles. The van der Waals surface area contributed by atoms with E-state index in [0.717, 1.165) is 12.8 Å². The van der Waals surface area contributed by atoms with Crippen molar-refractivity contribution < 1.29 is 9.18 Å². The number of carbonyl (C=O) groups excluding carboxylic acids is 1. The van der Waals surface area contributed by atoms with Crippen LogP contribution in [0.15, 0.2) is 22.7 Å². The van der Waals surface area contributed by atoms with Gasteiger partial charge < -0.3 is 5.32 Å². The van der Waals surface area contributed by atoms with Crippen LogP contribution in [0.2, 0.25) is 0 Å². The highest BCUT2D eigenvalue weighted by Crippen LogP contribution is 2.17. The Morgan fingerprint density at radius 2 is 2.24 bits per heavy atom. The number of rotatable bonds is 5. The molecule has 0 bridgehead atoms. The maximum Gasteiger partial charge on any atom is 0.252 e. The third-order valence-corrected chi connectivity index (χ3v) is 4.16. The molecule has 0 aliphatic rings. The Hall–Kier alpha value is -0.420. The van der Waals surface area contributed by atoms with Crippen molar-refractivity contribution in [2.24, 2.45) is 0 Å². The van der Waals surface area contributed by atoms with Crippen LogP contribution in [0.25, 0.3) is 0 Å². The van der Waals surface area contributed by atoms with E-state index in [1.807, 2.05) is 0 Å². The first-order valence-electron chi connectivity index (χ1n) is 5.42. The molecule has 2 nitrogen and oxygen atoms in total. The number of hydrogen-bond acceptors (Lipinski definition) is 1. The second kappa shape index (κ2) is 7.11. The zero-order chi connectivity index (χ0) is 12.8. The predicted octanol–water partition coefficient (Wildman–Crippen LogP) is 3.88. The Labute approximate surface area is 117 Å². The largest absolute Gasteiger partial charge is 0.352 e. The minimum absolute atomic E-state index is 0.257. The summed E-state index contributed by atoms with van der Waals surface area (Å²) < 4.78 is 13.6. The maximum absolute atomic E-state index is 13.0. The van der Waals surface area contributed by atoms with Gasteiger partial charge in [0.2, 0.25) is 0 Å². The van der Waals surface area contributed by atoms with Crippen molar-refractivity contribution in [2.75, 3.05) is 6.54 Å². The van der Waals surface area contributed by atoms with Crippen molar-refractivity contribution in [1.82, 2.24) is 5.32 Å². The summed E-state index contributed by atoms with van der Waals surface area (Å²) in [6, 6.07) is 4.07. The molecule has 1 aromatic rings. The van der Waals surface area contributed by atoms with Crippen LogP contribution in [0.1, 0.15) is 30.1 Å². The standard InChI is InChI=1S/C12H14Br2FNO/c1-2-8(13)5-6-16-12(17)10-7-9(15)3-4-11(10)14/h3-4,7-8H,2,5-6H2,1H3,(H,16,17). The van der Waals surface area contributed by atoms with Crippen LogP contribution < -0.4 is 5.32 Å². The second-order valence-corrected chi connectivity index (χ2v) is 5.82. The molecule has 17 heavy (non-hydrogen) atoms. The molecule has 0 spiro atoms. The topological polar surface area (TPSA) is 29.1 Å². The highest BCUT2D eigenvalue weighted by molar-refractivity contribution is 9.10. The van der Waals surface area contributed by atoms with Crippen LogP contribution >= 0.6 is 31.9 Å². The van der Waals surface area contributed by atoms with Gasteiger partial charge in [0.25, 0.3) is 5.91 Å². The van der Waals surface area contributed by atoms with E-state index in [1.54, 1.807) is 0 Å². The normalized spacial score (nSPS) is 12.2. The molecule has 0 saturated heterocycles. The van der Waals surface area contributed by atoms with E-state index >= 15 is 0 Å². The number of nitrogens with one attached hydrogen (secondary N) is 1. The molecule has 1 N–H and O–H groups in total. The van der Waals surface area contributed by atoms with E-state index in [1.165, 1.54) is 18.2 Å². The minimum Gasteiger partial charge on any atom is -0.352 e. The predicted molar refractivity (Wildman–Crippen MR) is 74.1 cm³/mol. The molecule has 0 fully saturated rings. The van der Waals surface area contributed by atoms with Crippen molar-refractivity contribution in [3.63, 3.8) is 0 Å². The van der Waals surface area contributed by atoms with E-state index in [-0.39, 0.29) is 5.91 Å². The van der Waals surface area contributed by atoms with Gasteiger partial charge in [-0.05, 0) is 47.0 Å². The SMILES string of the molecule is CCC(Br)CCNC(=O)c1cc(F)ccc1Br. The Morgan fingerprint density at radius 3 is 2.88 bits per heavy atom. The average molecular weight is 367 g/mol. The zero-order valence-corrected chi connectivity index (χ0v) is 12.6. The van der Waals surface area contributed by atoms with Gasteiger partial charge in [-0.2, -0.15) is 0 Å². The summed E-state index contributed by atoms with van der Waals surface area (Å²) in [5.41, 5.74) is 0.327. The van der Waals surface area contributed by atoms with Crippen LogP contribution in [-0.4, -0.2) is 17.3 Å². The van der Waals surface area contributed by atoms with Gasteiger partial charge >= 0.3 is 0 Å². The summed E-state index contributed by atoms with van der Waals surface area (Å²) in [7, 11) is 0. The van der Waals surface area contributed by atoms with Gasteiger partial charge in [0.05, 0.1) is 5.56 Å². The second-order valence-electron chi connectivity index (χ2n) is 3.67. The first-order chi connectivity index (χ1) is 8.04. The van der Waals surface area contributed by atoms with Crippen molar-refractivity contribution in [2.45, 2.75) is 24.6 Å². The summed E-state index contributed by atoms with van der Waals surface area (Å²) in [6.07, 6.45) is 1.87. The van der Waals surface area contributed by atoms with Crippen molar-refractivity contribution in [1.29, 1.82) is 0 Å². The van der Waals surface area contributed by atoms with E-state index in [4.69, 9.17) is 0 Å². The van der Waals surface area contributed by atoms with E-state index < -0.39 is 5.82 Å². The molecule has 1 aromatic carbocycles. The van der Waals surface area contributed by atoms with Crippen molar-refractivity contribution >= 4 is 37.8 Å². The summed E-state index contributed by atoms with van der Waals surface area (Å²) in [4.78, 5) is 12.2. The van der Waals surface area contributed by atoms with Crippen LogP contribution in [0, 0.1) is 5.82 Å². The molecule has 94 valence electrons. The minimum atomic E-state index is -0.412. The first kappa shape index (κ1) is 14.6. The van der Waals surface area contributed by atoms with Crippen LogP contribution in [0.5, 0.6) is 0 Å². The number of alkyl halides is 1. The molecule has 1 atom stereocenters. The van der Waals surface area contributed by atoms with E-state index in [2.05, 4.69) is 44.1 Å². The van der Waals surface area contributed by atoms with Gasteiger partial charge in [0.15, 0.2) is 0 Å². The molecule has 0 aromatic heterocycles. The lowest BCUT2D eigenvalue weighted by atomic mass is 10.2. The Kier molecular flexibility index (Phi) is 6.12. The Bertz CT molecular complexity index is 398. The molecule has 1 amide bonds. The summed E-state index contributed by atoms with van der Waals surface area (Å²) >= 11 is 6.72. The molecule has 0 saturated carbocycles. The molecule has 1 rings (SSSR count). The summed E-state index contributed by atoms with van der Waals surface area (Å²) in [5, 5.41) is 2.77. The third-order valence-electron chi connectivity index (χ3n) is 2.36. The molecular weight excluding hydrogens is 353 g/mol. The average Bonchev–Trinajstić information content (AvgIpc) is 2.31. The molecule has 0 aliphatic carbocycles. The highest BCUT2D eigenvalue weighted by Gasteiger charge is 2.11. The lowest BCUT2D eigenvalue weighted by molar-refractivity contribution is 0.0952. The maximum atomic E-state index is 13.0. The lowest BCUT2D eigenvalue weighted by Gasteiger charge is -2.09. The zero-order valence-electron chi connectivity index (χ0n) is 9.47. The monoisotopic (exact) mass is 365 g/mol. The fraction of sp³-hybridized carbons (Fsp3) is 0.417. The highest BCUT2D eigenvalue weighted by atomic mass is 79.9. The molecule has 0 radical (unpaired) electrons. The molecule has 0 aliphatic heterocycles. The number of amides is 1. The van der Waals surface area contributed by atoms with E-state index in [0.29, 0.717) is 21.4 Å². The number of halogens is 3. The number of hydrogen-bond donors (Lipinski definition) is 1. The lowest BCUT2D eigenvalue weighted by Crippen LogP contribution is -2.26. The van der Waals surface area contributed by atoms with Crippen LogP contribution in [-0.2, 0) is 0 Å². The van der Waals surface area contributed by atoms with Crippen LogP contribution in [0.4, 0.5) is 4.39 Å². The number of carbonyl (C=O) groups is 1. The summed E-state index contributed by atoms with van der Waals surface area (Å²) in [6.45, 7) is 2.65. The first-order valence-corrected chi connectivity index (χ1v) is 7.12. The Balaban J connectivity index is 2.55. The van der Waals surface area contributed by atoms with Gasteiger partial charge in [0, 0.05) is 15.8 Å². The number of benzene rings is 1. The Morgan fingerprint density at radius 1 is 1.53 bits per heavy atom. The fourth-order valence-corrected chi connectivity index (χ4v) is 1.97. The van der Waals surface area contributed by atoms with Crippen molar-refractivity contribution in [3.05, 3.63) is 34.1 Å².